The van der Waals surface area contributed by atoms with Gasteiger partial charge in [-0.05, 0) is 42.8 Å². The third-order valence-corrected chi connectivity index (χ3v) is 5.21. The Kier molecular flexibility index (Phi) is 5.28. The first-order valence-corrected chi connectivity index (χ1v) is 8.95. The average molecular weight is 357 g/mol. The van der Waals surface area contributed by atoms with Gasteiger partial charge in [0.15, 0.2) is 6.61 Å². The van der Waals surface area contributed by atoms with Crippen molar-refractivity contribution in [2.24, 2.45) is 0 Å². The zero-order chi connectivity index (χ0) is 17.8. The number of esters is 1. The van der Waals surface area contributed by atoms with Crippen LogP contribution in [0.25, 0.3) is 0 Å². The first kappa shape index (κ1) is 17.4. The van der Waals surface area contributed by atoms with E-state index in [1.807, 2.05) is 24.3 Å². The van der Waals surface area contributed by atoms with Crippen molar-refractivity contribution in [2.75, 3.05) is 18.1 Å². The maximum absolute atomic E-state index is 12.6. The highest BCUT2D eigenvalue weighted by molar-refractivity contribution is 8.00. The van der Waals surface area contributed by atoms with Gasteiger partial charge in [-0.2, -0.15) is 0 Å². The molecule has 1 N–H and O–H groups in total. The zero-order valence-electron chi connectivity index (χ0n) is 13.8. The van der Waals surface area contributed by atoms with Gasteiger partial charge in [-0.1, -0.05) is 19.1 Å². The van der Waals surface area contributed by atoms with Gasteiger partial charge < -0.3 is 14.7 Å². The van der Waals surface area contributed by atoms with Crippen molar-refractivity contribution in [3.05, 3.63) is 54.1 Å². The fourth-order valence-electron chi connectivity index (χ4n) is 2.63. The van der Waals surface area contributed by atoms with Crippen LogP contribution in [0, 0.1) is 0 Å². The Bertz CT molecular complexity index is 775. The number of fused-ring (bicyclic) bond motifs is 1. The number of nitrogens with zero attached hydrogens (tertiary/aromatic N) is 1. The van der Waals surface area contributed by atoms with Gasteiger partial charge in [-0.25, -0.2) is 4.79 Å². The van der Waals surface area contributed by atoms with E-state index < -0.39 is 5.97 Å². The van der Waals surface area contributed by atoms with Crippen LogP contribution < -0.4 is 4.90 Å². The predicted molar refractivity (Wildman–Crippen MR) is 97.1 cm³/mol. The SMILES string of the molecule is C[C@@H]1CCN(C(=O)COC(=O)c2ccc(O)cc2)c2ccccc2S1. The van der Waals surface area contributed by atoms with E-state index >= 15 is 0 Å². The van der Waals surface area contributed by atoms with E-state index in [0.717, 1.165) is 17.0 Å². The van der Waals surface area contributed by atoms with E-state index in [2.05, 4.69) is 6.92 Å². The molecule has 1 heterocycles. The van der Waals surface area contributed by atoms with Gasteiger partial charge in [-0.3, -0.25) is 4.79 Å². The Morgan fingerprint density at radius 3 is 2.68 bits per heavy atom. The molecule has 0 aromatic heterocycles. The summed E-state index contributed by atoms with van der Waals surface area (Å²) >= 11 is 1.75. The molecule has 0 saturated heterocycles. The monoisotopic (exact) mass is 357 g/mol. The lowest BCUT2D eigenvalue weighted by Crippen LogP contribution is -2.35. The second-order valence-electron chi connectivity index (χ2n) is 5.85. The van der Waals surface area contributed by atoms with E-state index in [1.165, 1.54) is 24.3 Å². The highest BCUT2D eigenvalue weighted by atomic mass is 32.2. The van der Waals surface area contributed by atoms with Gasteiger partial charge in [-0.15, -0.1) is 11.8 Å². The standard InChI is InChI=1S/C19H19NO4S/c1-13-10-11-20(16-4-2-3-5-17(16)25-13)18(22)12-24-19(23)14-6-8-15(21)9-7-14/h2-9,13,21H,10-12H2,1H3/t13-/m1/s1. The molecule has 1 amide bonds. The van der Waals surface area contributed by atoms with E-state index in [-0.39, 0.29) is 18.3 Å². The highest BCUT2D eigenvalue weighted by Crippen LogP contribution is 2.37. The van der Waals surface area contributed by atoms with E-state index in [9.17, 15) is 14.7 Å². The second kappa shape index (κ2) is 7.61. The Labute approximate surface area is 150 Å². The molecule has 2 aromatic rings. The number of carbonyl (C=O) groups excluding carboxylic acids is 2. The molecule has 5 nitrogen and oxygen atoms in total. The normalized spacial score (nSPS) is 16.7. The smallest absolute Gasteiger partial charge is 0.338 e. The largest absolute Gasteiger partial charge is 0.508 e. The number of phenolic OH excluding ortho intramolecular Hbond substituents is 1. The summed E-state index contributed by atoms with van der Waals surface area (Å²) in [6.45, 7) is 2.42. The molecular formula is C19H19NO4S. The quantitative estimate of drug-likeness (QED) is 0.852. The third-order valence-electron chi connectivity index (χ3n) is 3.97. The van der Waals surface area contributed by atoms with Gasteiger partial charge >= 0.3 is 5.97 Å². The molecule has 0 aliphatic carbocycles. The van der Waals surface area contributed by atoms with Crippen LogP contribution >= 0.6 is 11.8 Å². The molecule has 6 heteroatoms. The number of para-hydroxylation sites is 1. The lowest BCUT2D eigenvalue weighted by Gasteiger charge is -2.22. The molecule has 0 spiro atoms. The number of carbonyl (C=O) groups is 2. The van der Waals surface area contributed by atoms with Gasteiger partial charge in [0, 0.05) is 16.7 Å². The van der Waals surface area contributed by atoms with Crippen molar-refractivity contribution >= 4 is 29.3 Å². The van der Waals surface area contributed by atoms with Crippen LogP contribution in [0.5, 0.6) is 5.75 Å². The summed E-state index contributed by atoms with van der Waals surface area (Å²) in [5.41, 5.74) is 1.16. The highest BCUT2D eigenvalue weighted by Gasteiger charge is 2.24. The Morgan fingerprint density at radius 2 is 1.92 bits per heavy atom. The maximum Gasteiger partial charge on any atom is 0.338 e. The minimum atomic E-state index is -0.584. The number of anilines is 1. The molecule has 2 aromatic carbocycles. The molecule has 1 aliphatic heterocycles. The lowest BCUT2D eigenvalue weighted by molar-refractivity contribution is -0.121. The molecule has 0 radical (unpaired) electrons. The van der Waals surface area contributed by atoms with Crippen LogP contribution in [-0.4, -0.2) is 35.4 Å². The van der Waals surface area contributed by atoms with Crippen molar-refractivity contribution < 1.29 is 19.4 Å². The Hall–Kier alpha value is -2.47. The number of amides is 1. The first-order valence-electron chi connectivity index (χ1n) is 8.07. The topological polar surface area (TPSA) is 66.8 Å². The molecule has 130 valence electrons. The van der Waals surface area contributed by atoms with E-state index in [0.29, 0.717) is 17.4 Å². The van der Waals surface area contributed by atoms with Gasteiger partial charge in [0.2, 0.25) is 0 Å². The summed E-state index contributed by atoms with van der Waals surface area (Å²) < 4.78 is 5.15. The van der Waals surface area contributed by atoms with Crippen molar-refractivity contribution in [3.8, 4) is 5.75 Å². The number of ether oxygens (including phenoxy) is 1. The predicted octanol–water partition coefficient (Wildman–Crippen LogP) is 3.47. The first-order chi connectivity index (χ1) is 12.0. The fraction of sp³-hybridized carbons (Fsp3) is 0.263. The third kappa shape index (κ3) is 4.14. The number of aromatic hydroxyl groups is 1. The Balaban J connectivity index is 1.68. The molecule has 0 fully saturated rings. The molecule has 1 atom stereocenters. The average Bonchev–Trinajstić information content (AvgIpc) is 2.78. The van der Waals surface area contributed by atoms with Crippen LogP contribution in [0.1, 0.15) is 23.7 Å². The number of hydrogen-bond donors (Lipinski definition) is 1. The summed E-state index contributed by atoms with van der Waals surface area (Å²) in [4.78, 5) is 27.4. The number of rotatable bonds is 3. The summed E-state index contributed by atoms with van der Waals surface area (Å²) in [5, 5.41) is 9.67. The maximum atomic E-state index is 12.6. The lowest BCUT2D eigenvalue weighted by atomic mass is 10.2. The second-order valence-corrected chi connectivity index (χ2v) is 7.33. The molecule has 1 aliphatic rings. The molecule has 3 rings (SSSR count). The summed E-state index contributed by atoms with van der Waals surface area (Å²) in [5.74, 6) is -0.756. The van der Waals surface area contributed by atoms with Crippen LogP contribution in [0.4, 0.5) is 5.69 Å². The van der Waals surface area contributed by atoms with Crippen molar-refractivity contribution in [1.29, 1.82) is 0 Å². The molecule has 0 unspecified atom stereocenters. The van der Waals surface area contributed by atoms with Crippen molar-refractivity contribution in [2.45, 2.75) is 23.5 Å². The Morgan fingerprint density at radius 1 is 1.20 bits per heavy atom. The number of benzene rings is 2. The van der Waals surface area contributed by atoms with E-state index in [1.54, 1.807) is 16.7 Å². The van der Waals surface area contributed by atoms with Crippen LogP contribution in [0.3, 0.4) is 0 Å². The molecular weight excluding hydrogens is 338 g/mol. The summed E-state index contributed by atoms with van der Waals surface area (Å²) in [7, 11) is 0. The van der Waals surface area contributed by atoms with Crippen LogP contribution in [-0.2, 0) is 9.53 Å². The van der Waals surface area contributed by atoms with Crippen LogP contribution in [0.15, 0.2) is 53.4 Å². The molecule has 0 bridgehead atoms. The number of thioether (sulfide) groups is 1. The van der Waals surface area contributed by atoms with Crippen molar-refractivity contribution in [3.63, 3.8) is 0 Å². The summed E-state index contributed by atoms with van der Waals surface area (Å²) in [6, 6.07) is 13.5. The minimum absolute atomic E-state index is 0.0698. The van der Waals surface area contributed by atoms with Crippen LogP contribution in [0.2, 0.25) is 0 Å². The minimum Gasteiger partial charge on any atom is -0.508 e. The number of hydrogen-bond acceptors (Lipinski definition) is 5. The van der Waals surface area contributed by atoms with Gasteiger partial charge in [0.25, 0.3) is 5.91 Å². The fourth-order valence-corrected chi connectivity index (χ4v) is 3.74. The molecule has 0 saturated carbocycles. The van der Waals surface area contributed by atoms with Crippen molar-refractivity contribution in [1.82, 2.24) is 0 Å². The molecule has 25 heavy (non-hydrogen) atoms. The zero-order valence-corrected chi connectivity index (χ0v) is 14.7. The van der Waals surface area contributed by atoms with E-state index in [4.69, 9.17) is 4.74 Å². The summed E-state index contributed by atoms with van der Waals surface area (Å²) in [6.07, 6.45) is 0.872. The van der Waals surface area contributed by atoms with Gasteiger partial charge in [0.05, 0.1) is 11.3 Å². The van der Waals surface area contributed by atoms with Gasteiger partial charge in [0.1, 0.15) is 5.75 Å². The number of phenols is 1.